The van der Waals surface area contributed by atoms with Gasteiger partial charge in [0.15, 0.2) is 0 Å². The number of ether oxygens (including phenoxy) is 1. The lowest BCUT2D eigenvalue weighted by molar-refractivity contribution is 0.102. The van der Waals surface area contributed by atoms with E-state index in [2.05, 4.69) is 15.4 Å². The van der Waals surface area contributed by atoms with Crippen LogP contribution in [0.1, 0.15) is 41.9 Å². The topological polar surface area (TPSA) is 69.0 Å². The molecule has 2 heterocycles. The highest BCUT2D eigenvalue weighted by atomic mass is 16.5. The first kappa shape index (κ1) is 16.0. The van der Waals surface area contributed by atoms with Crippen molar-refractivity contribution >= 4 is 11.7 Å². The molecule has 118 valence electrons. The van der Waals surface area contributed by atoms with Gasteiger partial charge in [0.2, 0.25) is 5.88 Å². The van der Waals surface area contributed by atoms with E-state index in [-0.39, 0.29) is 12.0 Å². The SMILES string of the molecule is CCC(C)Oc1cc(C(=O)Nc2c(C)c(C)nn2C)ccn1. The Morgan fingerprint density at radius 3 is 2.77 bits per heavy atom. The zero-order chi connectivity index (χ0) is 16.3. The normalized spacial score (nSPS) is 12.0. The average Bonchev–Trinajstić information content (AvgIpc) is 2.73. The van der Waals surface area contributed by atoms with E-state index < -0.39 is 0 Å². The number of anilines is 1. The van der Waals surface area contributed by atoms with Crippen molar-refractivity contribution in [3.05, 3.63) is 35.2 Å². The number of pyridine rings is 1. The van der Waals surface area contributed by atoms with Crippen molar-refractivity contribution in [3.63, 3.8) is 0 Å². The molecule has 1 N–H and O–H groups in total. The molecule has 0 aromatic carbocycles. The van der Waals surface area contributed by atoms with E-state index in [0.29, 0.717) is 17.3 Å². The lowest BCUT2D eigenvalue weighted by Crippen LogP contribution is -2.16. The molecule has 0 saturated heterocycles. The van der Waals surface area contributed by atoms with Crippen molar-refractivity contribution in [2.24, 2.45) is 7.05 Å². The Labute approximate surface area is 130 Å². The summed E-state index contributed by atoms with van der Waals surface area (Å²) < 4.78 is 7.31. The van der Waals surface area contributed by atoms with Gasteiger partial charge in [-0.3, -0.25) is 9.48 Å². The number of nitrogens with one attached hydrogen (secondary N) is 1. The van der Waals surface area contributed by atoms with E-state index in [9.17, 15) is 4.79 Å². The molecule has 1 atom stereocenters. The fraction of sp³-hybridized carbons (Fsp3) is 0.438. The first-order chi connectivity index (χ1) is 10.4. The second-order valence-corrected chi connectivity index (χ2v) is 5.36. The molecule has 1 unspecified atom stereocenters. The van der Waals surface area contributed by atoms with Crippen molar-refractivity contribution in [3.8, 4) is 5.88 Å². The average molecular weight is 302 g/mol. The molecule has 2 rings (SSSR count). The van der Waals surface area contributed by atoms with Crippen LogP contribution in [-0.4, -0.2) is 26.8 Å². The Morgan fingerprint density at radius 1 is 1.45 bits per heavy atom. The number of carbonyl (C=O) groups is 1. The molecule has 0 fully saturated rings. The van der Waals surface area contributed by atoms with Gasteiger partial charge in [-0.2, -0.15) is 5.10 Å². The maximum Gasteiger partial charge on any atom is 0.257 e. The zero-order valence-corrected chi connectivity index (χ0v) is 13.7. The molecule has 2 aromatic rings. The van der Waals surface area contributed by atoms with Gasteiger partial charge in [-0.25, -0.2) is 4.98 Å². The summed E-state index contributed by atoms with van der Waals surface area (Å²) in [7, 11) is 1.81. The Morgan fingerprint density at radius 2 is 2.18 bits per heavy atom. The lowest BCUT2D eigenvalue weighted by atomic mass is 10.2. The van der Waals surface area contributed by atoms with Gasteiger partial charge in [-0.05, 0) is 33.3 Å². The maximum absolute atomic E-state index is 12.4. The van der Waals surface area contributed by atoms with E-state index in [1.807, 2.05) is 27.7 Å². The molecule has 0 aliphatic rings. The Kier molecular flexibility index (Phi) is 4.80. The van der Waals surface area contributed by atoms with Crippen molar-refractivity contribution in [2.75, 3.05) is 5.32 Å². The highest BCUT2D eigenvalue weighted by molar-refractivity contribution is 6.04. The van der Waals surface area contributed by atoms with Crippen molar-refractivity contribution < 1.29 is 9.53 Å². The third kappa shape index (κ3) is 3.44. The van der Waals surface area contributed by atoms with Crippen LogP contribution in [0.25, 0.3) is 0 Å². The van der Waals surface area contributed by atoms with Gasteiger partial charge in [-0.1, -0.05) is 6.92 Å². The summed E-state index contributed by atoms with van der Waals surface area (Å²) in [5.74, 6) is 0.950. The number of aryl methyl sites for hydroxylation is 2. The Balaban J connectivity index is 2.17. The van der Waals surface area contributed by atoms with Crippen LogP contribution in [0.2, 0.25) is 0 Å². The molecule has 22 heavy (non-hydrogen) atoms. The van der Waals surface area contributed by atoms with Crippen LogP contribution in [0, 0.1) is 13.8 Å². The molecule has 6 nitrogen and oxygen atoms in total. The third-order valence-electron chi connectivity index (χ3n) is 3.65. The minimum atomic E-state index is -0.206. The minimum absolute atomic E-state index is 0.0628. The van der Waals surface area contributed by atoms with Gasteiger partial charge in [0.05, 0.1) is 11.8 Å². The van der Waals surface area contributed by atoms with Gasteiger partial charge in [0.25, 0.3) is 5.91 Å². The summed E-state index contributed by atoms with van der Waals surface area (Å²) in [5, 5.41) is 7.18. The van der Waals surface area contributed by atoms with E-state index in [0.717, 1.165) is 17.7 Å². The Hall–Kier alpha value is -2.37. The smallest absolute Gasteiger partial charge is 0.257 e. The number of rotatable bonds is 5. The van der Waals surface area contributed by atoms with Crippen LogP contribution in [0.4, 0.5) is 5.82 Å². The second-order valence-electron chi connectivity index (χ2n) is 5.36. The van der Waals surface area contributed by atoms with Gasteiger partial charge in [0.1, 0.15) is 5.82 Å². The molecule has 2 aromatic heterocycles. The van der Waals surface area contributed by atoms with E-state index in [4.69, 9.17) is 4.74 Å². The molecule has 0 bridgehead atoms. The van der Waals surface area contributed by atoms with Gasteiger partial charge in [-0.15, -0.1) is 0 Å². The van der Waals surface area contributed by atoms with Crippen LogP contribution in [0.5, 0.6) is 5.88 Å². The first-order valence-electron chi connectivity index (χ1n) is 7.36. The third-order valence-corrected chi connectivity index (χ3v) is 3.65. The summed E-state index contributed by atoms with van der Waals surface area (Å²) in [6.45, 7) is 7.85. The molecule has 0 saturated carbocycles. The molecule has 0 radical (unpaired) electrons. The Bertz CT molecular complexity index is 679. The van der Waals surface area contributed by atoms with E-state index in [1.54, 1.807) is 30.1 Å². The van der Waals surface area contributed by atoms with Gasteiger partial charge < -0.3 is 10.1 Å². The van der Waals surface area contributed by atoms with Crippen LogP contribution < -0.4 is 10.1 Å². The fourth-order valence-corrected chi connectivity index (χ4v) is 2.02. The quantitative estimate of drug-likeness (QED) is 0.922. The molecule has 1 amide bonds. The highest BCUT2D eigenvalue weighted by Gasteiger charge is 2.14. The molecule has 6 heteroatoms. The van der Waals surface area contributed by atoms with Gasteiger partial charge in [0, 0.05) is 30.4 Å². The number of hydrogen-bond donors (Lipinski definition) is 1. The standard InChI is InChI=1S/C16H22N4O2/c1-6-10(2)22-14-9-13(7-8-17-14)16(21)18-15-11(3)12(4)19-20(15)5/h7-10H,6H2,1-5H3,(H,18,21). The molecule has 0 aliphatic heterocycles. The summed E-state index contributed by atoms with van der Waals surface area (Å²) in [4.78, 5) is 16.5. The number of hydrogen-bond acceptors (Lipinski definition) is 4. The summed E-state index contributed by atoms with van der Waals surface area (Å²) in [6, 6.07) is 3.32. The second kappa shape index (κ2) is 6.60. The van der Waals surface area contributed by atoms with Gasteiger partial charge >= 0.3 is 0 Å². The predicted octanol–water partition coefficient (Wildman–Crippen LogP) is 2.86. The molecule has 0 aliphatic carbocycles. The summed E-state index contributed by atoms with van der Waals surface area (Å²) in [5.41, 5.74) is 2.36. The molecular weight excluding hydrogens is 280 g/mol. The summed E-state index contributed by atoms with van der Waals surface area (Å²) >= 11 is 0. The number of amides is 1. The molecular formula is C16H22N4O2. The van der Waals surface area contributed by atoms with Crippen LogP contribution in [0.3, 0.4) is 0 Å². The summed E-state index contributed by atoms with van der Waals surface area (Å²) in [6.07, 6.45) is 2.52. The van der Waals surface area contributed by atoms with E-state index >= 15 is 0 Å². The maximum atomic E-state index is 12.4. The number of nitrogens with zero attached hydrogens (tertiary/aromatic N) is 3. The van der Waals surface area contributed by atoms with Crippen LogP contribution in [0.15, 0.2) is 18.3 Å². The highest BCUT2D eigenvalue weighted by Crippen LogP contribution is 2.19. The number of aromatic nitrogens is 3. The van der Waals surface area contributed by atoms with Crippen molar-refractivity contribution in [2.45, 2.75) is 40.2 Å². The lowest BCUT2D eigenvalue weighted by Gasteiger charge is -2.12. The monoisotopic (exact) mass is 302 g/mol. The largest absolute Gasteiger partial charge is 0.475 e. The van der Waals surface area contributed by atoms with Crippen molar-refractivity contribution in [1.82, 2.24) is 14.8 Å². The van der Waals surface area contributed by atoms with Crippen LogP contribution >= 0.6 is 0 Å². The minimum Gasteiger partial charge on any atom is -0.475 e. The molecule has 0 spiro atoms. The van der Waals surface area contributed by atoms with Crippen molar-refractivity contribution in [1.29, 1.82) is 0 Å². The predicted molar refractivity (Wildman–Crippen MR) is 85.3 cm³/mol. The first-order valence-corrected chi connectivity index (χ1v) is 7.36. The van der Waals surface area contributed by atoms with Crippen LogP contribution in [-0.2, 0) is 7.05 Å². The fourth-order valence-electron chi connectivity index (χ4n) is 2.02. The van der Waals surface area contributed by atoms with E-state index in [1.165, 1.54) is 0 Å². The zero-order valence-electron chi connectivity index (χ0n) is 13.7. The number of carbonyl (C=O) groups excluding carboxylic acids is 1.